The van der Waals surface area contributed by atoms with Crippen LogP contribution in [0.15, 0.2) is 18.5 Å². The Hall–Kier alpha value is -1.58. The lowest BCUT2D eigenvalue weighted by Gasteiger charge is -2.21. The summed E-state index contributed by atoms with van der Waals surface area (Å²) in [6.07, 6.45) is 6.09. The summed E-state index contributed by atoms with van der Waals surface area (Å²) < 4.78 is 0. The van der Waals surface area contributed by atoms with Crippen LogP contribution in [-0.4, -0.2) is 24.4 Å². The van der Waals surface area contributed by atoms with Crippen LogP contribution < -0.4 is 10.6 Å². The molecule has 0 saturated heterocycles. The Morgan fingerprint density at radius 3 is 3.00 bits per heavy atom. The predicted molar refractivity (Wildman–Crippen MR) is 61.2 cm³/mol. The number of hydrogen-bond acceptors (Lipinski definition) is 3. The van der Waals surface area contributed by atoms with Crippen LogP contribution in [0.1, 0.15) is 18.4 Å². The Morgan fingerprint density at radius 1 is 1.67 bits per heavy atom. The molecule has 0 spiro atoms. The van der Waals surface area contributed by atoms with E-state index in [1.165, 1.54) is 12.8 Å². The first-order valence-electron chi connectivity index (χ1n) is 5.18. The van der Waals surface area contributed by atoms with Gasteiger partial charge in [0.05, 0.1) is 11.9 Å². The van der Waals surface area contributed by atoms with Gasteiger partial charge >= 0.3 is 0 Å². The van der Waals surface area contributed by atoms with Gasteiger partial charge in [0.1, 0.15) is 5.84 Å². The summed E-state index contributed by atoms with van der Waals surface area (Å²) in [4.78, 5) is 6.22. The van der Waals surface area contributed by atoms with E-state index in [4.69, 9.17) is 11.1 Å². The molecule has 1 aromatic heterocycles. The van der Waals surface area contributed by atoms with Crippen molar-refractivity contribution in [2.45, 2.75) is 12.8 Å². The van der Waals surface area contributed by atoms with Gasteiger partial charge in [0.2, 0.25) is 0 Å². The van der Waals surface area contributed by atoms with Gasteiger partial charge in [-0.05, 0) is 24.8 Å². The van der Waals surface area contributed by atoms with E-state index in [0.29, 0.717) is 0 Å². The highest BCUT2D eigenvalue weighted by Gasteiger charge is 2.24. The van der Waals surface area contributed by atoms with Crippen molar-refractivity contribution in [3.63, 3.8) is 0 Å². The quantitative estimate of drug-likeness (QED) is 0.572. The number of pyridine rings is 1. The van der Waals surface area contributed by atoms with E-state index < -0.39 is 0 Å². The number of hydrogen-bond donors (Lipinski definition) is 2. The second-order valence-corrected chi connectivity index (χ2v) is 4.13. The second kappa shape index (κ2) is 3.88. The summed E-state index contributed by atoms with van der Waals surface area (Å²) in [6, 6.07) is 1.79. The zero-order valence-corrected chi connectivity index (χ0v) is 8.90. The maximum atomic E-state index is 7.49. The first-order valence-corrected chi connectivity index (χ1v) is 5.18. The summed E-state index contributed by atoms with van der Waals surface area (Å²) in [7, 11) is 2.03. The van der Waals surface area contributed by atoms with Gasteiger partial charge in [0, 0.05) is 25.4 Å². The molecule has 2 rings (SSSR count). The Labute approximate surface area is 89.6 Å². The zero-order chi connectivity index (χ0) is 10.8. The topological polar surface area (TPSA) is 66.0 Å². The van der Waals surface area contributed by atoms with Crippen LogP contribution in [0.25, 0.3) is 0 Å². The van der Waals surface area contributed by atoms with Crippen LogP contribution in [-0.2, 0) is 0 Å². The average molecular weight is 204 g/mol. The SMILES string of the molecule is CN(CC1CC1)c1cnccc1C(=N)N. The lowest BCUT2D eigenvalue weighted by molar-refractivity contribution is 0.785. The molecule has 0 bridgehead atoms. The van der Waals surface area contributed by atoms with Crippen molar-refractivity contribution in [2.75, 3.05) is 18.5 Å². The molecule has 1 fully saturated rings. The third-order valence-electron chi connectivity index (χ3n) is 2.73. The molecule has 1 aliphatic rings. The molecule has 0 aliphatic heterocycles. The van der Waals surface area contributed by atoms with Crippen LogP contribution in [0.2, 0.25) is 0 Å². The summed E-state index contributed by atoms with van der Waals surface area (Å²) in [5.41, 5.74) is 7.25. The molecule has 4 heteroatoms. The van der Waals surface area contributed by atoms with Gasteiger partial charge in [-0.1, -0.05) is 0 Å². The predicted octanol–water partition coefficient (Wildman–Crippen LogP) is 1.21. The van der Waals surface area contributed by atoms with Crippen LogP contribution >= 0.6 is 0 Å². The van der Waals surface area contributed by atoms with E-state index in [1.54, 1.807) is 18.5 Å². The summed E-state index contributed by atoms with van der Waals surface area (Å²) in [5, 5.41) is 7.49. The van der Waals surface area contributed by atoms with E-state index in [2.05, 4.69) is 9.88 Å². The first-order chi connectivity index (χ1) is 7.18. The summed E-state index contributed by atoms with van der Waals surface area (Å²) in [6.45, 7) is 1.03. The van der Waals surface area contributed by atoms with E-state index in [0.717, 1.165) is 23.7 Å². The van der Waals surface area contributed by atoms with Gasteiger partial charge < -0.3 is 10.6 Å². The number of nitrogens with zero attached hydrogens (tertiary/aromatic N) is 2. The number of amidine groups is 1. The molecule has 0 atom stereocenters. The van der Waals surface area contributed by atoms with Gasteiger partial charge in [-0.25, -0.2) is 0 Å². The van der Waals surface area contributed by atoms with Crippen LogP contribution in [0.4, 0.5) is 5.69 Å². The molecule has 80 valence electrons. The molecular formula is C11H16N4. The number of rotatable bonds is 4. The second-order valence-electron chi connectivity index (χ2n) is 4.13. The molecule has 15 heavy (non-hydrogen) atoms. The van der Waals surface area contributed by atoms with Crippen molar-refractivity contribution < 1.29 is 0 Å². The number of nitrogens with one attached hydrogen (secondary N) is 1. The molecule has 4 nitrogen and oxygen atoms in total. The van der Waals surface area contributed by atoms with Gasteiger partial charge in [-0.3, -0.25) is 10.4 Å². The lowest BCUT2D eigenvalue weighted by Crippen LogP contribution is -2.24. The van der Waals surface area contributed by atoms with E-state index in [1.807, 2.05) is 7.05 Å². The monoisotopic (exact) mass is 204 g/mol. The largest absolute Gasteiger partial charge is 0.384 e. The standard InChI is InChI=1S/C11H16N4/c1-15(7-8-2-3-8)10-6-14-5-4-9(10)11(12)13/h4-6,8H,2-3,7H2,1H3,(H3,12,13). The number of anilines is 1. The molecule has 1 aromatic rings. The molecule has 0 unspecified atom stereocenters. The third kappa shape index (κ3) is 2.26. The Bertz CT molecular complexity index is 371. The molecule has 0 radical (unpaired) electrons. The molecule has 0 aromatic carbocycles. The van der Waals surface area contributed by atoms with Gasteiger partial charge in [0.15, 0.2) is 0 Å². The smallest absolute Gasteiger partial charge is 0.125 e. The maximum Gasteiger partial charge on any atom is 0.125 e. The van der Waals surface area contributed by atoms with Gasteiger partial charge in [-0.2, -0.15) is 0 Å². The third-order valence-corrected chi connectivity index (χ3v) is 2.73. The van der Waals surface area contributed by atoms with Crippen molar-refractivity contribution in [1.82, 2.24) is 4.98 Å². The van der Waals surface area contributed by atoms with Crippen LogP contribution in [0, 0.1) is 11.3 Å². The van der Waals surface area contributed by atoms with Gasteiger partial charge in [-0.15, -0.1) is 0 Å². The summed E-state index contributed by atoms with van der Waals surface area (Å²) >= 11 is 0. The minimum absolute atomic E-state index is 0.107. The molecule has 3 N–H and O–H groups in total. The van der Waals surface area contributed by atoms with E-state index in [-0.39, 0.29) is 5.84 Å². The van der Waals surface area contributed by atoms with Crippen molar-refractivity contribution in [3.05, 3.63) is 24.0 Å². The molecule has 1 saturated carbocycles. The fraction of sp³-hybridized carbons (Fsp3) is 0.455. The minimum Gasteiger partial charge on any atom is -0.384 e. The Morgan fingerprint density at radius 2 is 2.40 bits per heavy atom. The average Bonchev–Trinajstić information content (AvgIpc) is 3.01. The van der Waals surface area contributed by atoms with Crippen molar-refractivity contribution >= 4 is 11.5 Å². The Balaban J connectivity index is 2.20. The van der Waals surface area contributed by atoms with Crippen molar-refractivity contribution in [1.29, 1.82) is 5.41 Å². The number of aromatic nitrogens is 1. The number of nitrogens with two attached hydrogens (primary N) is 1. The molecular weight excluding hydrogens is 188 g/mol. The van der Waals surface area contributed by atoms with Crippen molar-refractivity contribution in [3.8, 4) is 0 Å². The van der Waals surface area contributed by atoms with E-state index >= 15 is 0 Å². The van der Waals surface area contributed by atoms with Crippen molar-refractivity contribution in [2.24, 2.45) is 11.7 Å². The number of nitrogen functional groups attached to an aromatic ring is 1. The van der Waals surface area contributed by atoms with E-state index in [9.17, 15) is 0 Å². The first kappa shape index (κ1) is 9.96. The highest BCUT2D eigenvalue weighted by atomic mass is 15.1. The molecule has 1 heterocycles. The maximum absolute atomic E-state index is 7.49. The highest BCUT2D eigenvalue weighted by Crippen LogP contribution is 2.31. The fourth-order valence-corrected chi connectivity index (χ4v) is 1.70. The lowest BCUT2D eigenvalue weighted by atomic mass is 10.2. The molecule has 1 aliphatic carbocycles. The highest BCUT2D eigenvalue weighted by molar-refractivity contribution is 6.00. The fourth-order valence-electron chi connectivity index (χ4n) is 1.70. The summed E-state index contributed by atoms with van der Waals surface area (Å²) in [5.74, 6) is 0.921. The normalized spacial score (nSPS) is 15.0. The van der Waals surface area contributed by atoms with Crippen LogP contribution in [0.5, 0.6) is 0 Å². The molecule has 0 amide bonds. The Kier molecular flexibility index (Phi) is 2.58. The van der Waals surface area contributed by atoms with Crippen LogP contribution in [0.3, 0.4) is 0 Å². The minimum atomic E-state index is 0.107. The zero-order valence-electron chi connectivity index (χ0n) is 8.90. The van der Waals surface area contributed by atoms with Gasteiger partial charge in [0.25, 0.3) is 0 Å².